The van der Waals surface area contributed by atoms with Crippen molar-refractivity contribution in [1.82, 2.24) is 0 Å². The minimum absolute atomic E-state index is 0.0453. The van der Waals surface area contributed by atoms with Gasteiger partial charge in [0.25, 0.3) is 0 Å². The molecule has 5 heteroatoms. The first-order valence-electron chi connectivity index (χ1n) is 4.48. The number of phenols is 1. The predicted octanol–water partition coefficient (Wildman–Crippen LogP) is 0.842. The Balaban J connectivity index is 2.97. The molecule has 0 aliphatic carbocycles. The molecule has 84 valence electrons. The largest absolute Gasteiger partial charge is 0.504 e. The molecule has 1 rings (SSSR count). The van der Waals surface area contributed by atoms with E-state index >= 15 is 0 Å². The van der Waals surface area contributed by atoms with E-state index in [-0.39, 0.29) is 5.75 Å². The molecule has 0 aliphatic heterocycles. The van der Waals surface area contributed by atoms with Gasteiger partial charge in [0.05, 0.1) is 20.8 Å². The van der Waals surface area contributed by atoms with Gasteiger partial charge in [-0.3, -0.25) is 0 Å². The lowest BCUT2D eigenvalue weighted by atomic mass is 10.1. The second kappa shape index (κ2) is 5.43. The first kappa shape index (κ1) is 11.6. The number of ether oxygens (including phenoxy) is 2. The molecular formula is C10H15NO4. The minimum atomic E-state index is 0.0453. The maximum atomic E-state index is 9.63. The number of hydrogen-bond acceptors (Lipinski definition) is 5. The Bertz CT molecular complexity index is 327. The topological polar surface area (TPSA) is 73.9 Å². The van der Waals surface area contributed by atoms with E-state index in [9.17, 15) is 5.11 Å². The van der Waals surface area contributed by atoms with Crippen LogP contribution in [0.15, 0.2) is 12.1 Å². The van der Waals surface area contributed by atoms with Crippen LogP contribution in [0.5, 0.6) is 17.2 Å². The summed E-state index contributed by atoms with van der Waals surface area (Å²) in [6, 6.07) is 3.37. The molecule has 0 spiro atoms. The predicted molar refractivity (Wildman–Crippen MR) is 55.1 cm³/mol. The number of hydrogen-bond donors (Lipinski definition) is 2. The molecule has 0 atom stereocenters. The highest BCUT2D eigenvalue weighted by Gasteiger charge is 2.11. The summed E-state index contributed by atoms with van der Waals surface area (Å²) in [5.74, 6) is 5.79. The van der Waals surface area contributed by atoms with Crippen LogP contribution in [-0.4, -0.2) is 25.9 Å². The number of nitrogens with two attached hydrogens (primary N) is 1. The molecule has 0 heterocycles. The van der Waals surface area contributed by atoms with Crippen LogP contribution in [0.3, 0.4) is 0 Å². The molecule has 0 bridgehead atoms. The van der Waals surface area contributed by atoms with Gasteiger partial charge in [0.15, 0.2) is 11.5 Å². The van der Waals surface area contributed by atoms with E-state index in [2.05, 4.69) is 4.84 Å². The Morgan fingerprint density at radius 1 is 1.27 bits per heavy atom. The van der Waals surface area contributed by atoms with Gasteiger partial charge in [-0.2, -0.15) is 0 Å². The van der Waals surface area contributed by atoms with E-state index < -0.39 is 0 Å². The van der Waals surface area contributed by atoms with Crippen LogP contribution in [-0.2, 0) is 11.3 Å². The third kappa shape index (κ3) is 2.74. The first-order valence-corrected chi connectivity index (χ1v) is 4.48. The first-order chi connectivity index (χ1) is 7.22. The highest BCUT2D eigenvalue weighted by atomic mass is 16.6. The van der Waals surface area contributed by atoms with E-state index in [0.29, 0.717) is 24.5 Å². The van der Waals surface area contributed by atoms with E-state index in [1.807, 2.05) is 0 Å². The molecule has 1 aromatic rings. The maximum Gasteiger partial charge on any atom is 0.203 e. The highest BCUT2D eigenvalue weighted by Crippen LogP contribution is 2.37. The van der Waals surface area contributed by atoms with Gasteiger partial charge in [0.1, 0.15) is 0 Å². The average Bonchev–Trinajstić information content (AvgIpc) is 2.25. The summed E-state index contributed by atoms with van der Waals surface area (Å²) in [7, 11) is 2.99. The van der Waals surface area contributed by atoms with Crippen LogP contribution < -0.4 is 15.4 Å². The Morgan fingerprint density at radius 2 is 2.00 bits per heavy atom. The number of rotatable bonds is 5. The molecule has 15 heavy (non-hydrogen) atoms. The van der Waals surface area contributed by atoms with Crippen molar-refractivity contribution in [3.05, 3.63) is 17.7 Å². The summed E-state index contributed by atoms with van der Waals surface area (Å²) in [5, 5.41) is 9.63. The number of methoxy groups -OCH3 is 2. The van der Waals surface area contributed by atoms with E-state index in [1.54, 1.807) is 12.1 Å². The molecule has 1 aromatic carbocycles. The smallest absolute Gasteiger partial charge is 0.203 e. The fourth-order valence-electron chi connectivity index (χ4n) is 1.32. The lowest BCUT2D eigenvalue weighted by Crippen LogP contribution is -2.04. The van der Waals surface area contributed by atoms with E-state index in [0.717, 1.165) is 5.56 Å². The summed E-state index contributed by atoms with van der Waals surface area (Å²) in [5.41, 5.74) is 0.871. The quantitative estimate of drug-likeness (QED) is 0.709. The van der Waals surface area contributed by atoms with Crippen LogP contribution in [0.25, 0.3) is 0 Å². The van der Waals surface area contributed by atoms with Gasteiger partial charge in [0, 0.05) is 0 Å². The lowest BCUT2D eigenvalue weighted by molar-refractivity contribution is 0.141. The molecule has 0 radical (unpaired) electrons. The second-order valence-electron chi connectivity index (χ2n) is 2.97. The van der Waals surface area contributed by atoms with Gasteiger partial charge in [-0.1, -0.05) is 0 Å². The molecule has 0 amide bonds. The second-order valence-corrected chi connectivity index (χ2v) is 2.97. The molecule has 0 fully saturated rings. The number of phenolic OH excluding ortho intramolecular Hbond substituents is 1. The zero-order valence-corrected chi connectivity index (χ0v) is 8.82. The van der Waals surface area contributed by atoms with Gasteiger partial charge in [-0.25, -0.2) is 5.90 Å². The summed E-state index contributed by atoms with van der Waals surface area (Å²) >= 11 is 0. The zero-order chi connectivity index (χ0) is 11.3. The molecule has 0 saturated heterocycles. The van der Waals surface area contributed by atoms with Gasteiger partial charge in [0.2, 0.25) is 5.75 Å². The highest BCUT2D eigenvalue weighted by molar-refractivity contribution is 5.53. The van der Waals surface area contributed by atoms with Crippen molar-refractivity contribution in [2.24, 2.45) is 5.90 Å². The monoisotopic (exact) mass is 213 g/mol. The van der Waals surface area contributed by atoms with Crippen molar-refractivity contribution in [2.45, 2.75) is 6.42 Å². The third-order valence-electron chi connectivity index (χ3n) is 2.03. The maximum absolute atomic E-state index is 9.63. The van der Waals surface area contributed by atoms with Gasteiger partial charge in [-0.15, -0.1) is 0 Å². The Morgan fingerprint density at radius 3 is 2.53 bits per heavy atom. The normalized spacial score (nSPS) is 10.1. The van der Waals surface area contributed by atoms with Gasteiger partial charge < -0.3 is 19.4 Å². The Labute approximate surface area is 88.3 Å². The van der Waals surface area contributed by atoms with Gasteiger partial charge in [-0.05, 0) is 24.1 Å². The van der Waals surface area contributed by atoms with Crippen molar-refractivity contribution in [2.75, 3.05) is 20.8 Å². The number of aromatic hydroxyl groups is 1. The summed E-state index contributed by atoms with van der Waals surface area (Å²) in [6.07, 6.45) is 0.602. The minimum Gasteiger partial charge on any atom is -0.504 e. The zero-order valence-electron chi connectivity index (χ0n) is 8.82. The van der Waals surface area contributed by atoms with Crippen LogP contribution in [0.4, 0.5) is 0 Å². The fourth-order valence-corrected chi connectivity index (χ4v) is 1.32. The molecule has 0 aliphatic rings. The SMILES string of the molecule is COc1cc(CCON)cc(O)c1OC. The molecule has 3 N–H and O–H groups in total. The molecule has 5 nitrogen and oxygen atoms in total. The van der Waals surface area contributed by atoms with Crippen LogP contribution in [0, 0.1) is 0 Å². The van der Waals surface area contributed by atoms with Crippen LogP contribution >= 0.6 is 0 Å². The van der Waals surface area contributed by atoms with Crippen LogP contribution in [0.2, 0.25) is 0 Å². The van der Waals surface area contributed by atoms with Crippen molar-refractivity contribution < 1.29 is 19.4 Å². The molecule has 0 aromatic heterocycles. The van der Waals surface area contributed by atoms with Crippen molar-refractivity contribution in [3.8, 4) is 17.2 Å². The van der Waals surface area contributed by atoms with Crippen molar-refractivity contribution >= 4 is 0 Å². The average molecular weight is 213 g/mol. The van der Waals surface area contributed by atoms with Gasteiger partial charge >= 0.3 is 0 Å². The lowest BCUT2D eigenvalue weighted by Gasteiger charge is -2.11. The van der Waals surface area contributed by atoms with E-state index in [4.69, 9.17) is 15.4 Å². The Hall–Kier alpha value is -1.46. The molecular weight excluding hydrogens is 198 g/mol. The van der Waals surface area contributed by atoms with Crippen molar-refractivity contribution in [1.29, 1.82) is 0 Å². The Kier molecular flexibility index (Phi) is 4.20. The summed E-state index contributed by atoms with van der Waals surface area (Å²) < 4.78 is 10.1. The van der Waals surface area contributed by atoms with Crippen LogP contribution in [0.1, 0.15) is 5.56 Å². The molecule has 0 saturated carbocycles. The third-order valence-corrected chi connectivity index (χ3v) is 2.03. The van der Waals surface area contributed by atoms with E-state index in [1.165, 1.54) is 14.2 Å². The standard InChI is InChI=1S/C10H15NO4/c1-13-9-6-7(3-4-15-11)5-8(12)10(9)14-2/h5-6,12H,3-4,11H2,1-2H3. The molecule has 0 unspecified atom stereocenters. The fraction of sp³-hybridized carbons (Fsp3) is 0.400. The summed E-state index contributed by atoms with van der Waals surface area (Å²) in [4.78, 5) is 4.46. The van der Waals surface area contributed by atoms with Crippen molar-refractivity contribution in [3.63, 3.8) is 0 Å². The summed E-state index contributed by atoms with van der Waals surface area (Å²) in [6.45, 7) is 0.384. The number of benzene rings is 1.